The first-order valence-electron chi connectivity index (χ1n) is 10.1. The van der Waals surface area contributed by atoms with Crippen LogP contribution in [0.25, 0.3) is 22.2 Å². The van der Waals surface area contributed by atoms with Crippen molar-refractivity contribution in [1.29, 1.82) is 0 Å². The summed E-state index contributed by atoms with van der Waals surface area (Å²) >= 11 is 0. The number of nitrogens with two attached hydrogens (primary N) is 1. The van der Waals surface area contributed by atoms with Gasteiger partial charge in [0.15, 0.2) is 0 Å². The zero-order chi connectivity index (χ0) is 21.3. The first-order valence-corrected chi connectivity index (χ1v) is 11.6. The van der Waals surface area contributed by atoms with E-state index in [-0.39, 0.29) is 29.9 Å². The molecule has 1 heterocycles. The lowest BCUT2D eigenvalue weighted by Crippen LogP contribution is -2.25. The first kappa shape index (κ1) is 20.7. The molecule has 3 aromatic rings. The van der Waals surface area contributed by atoms with Crippen molar-refractivity contribution in [3.8, 4) is 11.1 Å². The van der Waals surface area contributed by atoms with Crippen LogP contribution in [0.4, 0.5) is 4.39 Å². The van der Waals surface area contributed by atoms with Gasteiger partial charge in [0.2, 0.25) is 10.0 Å². The van der Waals surface area contributed by atoms with Crippen LogP contribution in [0.15, 0.2) is 59.3 Å². The van der Waals surface area contributed by atoms with E-state index in [0.717, 1.165) is 40.8 Å². The predicted molar refractivity (Wildman–Crippen MR) is 116 cm³/mol. The maximum absolute atomic E-state index is 14.2. The number of hydrogen-bond acceptors (Lipinski definition) is 4. The number of allylic oxidation sites excluding steroid dienone is 1. The van der Waals surface area contributed by atoms with Crippen molar-refractivity contribution >= 4 is 21.1 Å². The van der Waals surface area contributed by atoms with Gasteiger partial charge >= 0.3 is 0 Å². The molecule has 0 atom stereocenters. The van der Waals surface area contributed by atoms with Gasteiger partial charge in [-0.25, -0.2) is 22.5 Å². The summed E-state index contributed by atoms with van der Waals surface area (Å²) in [5.41, 5.74) is 8.76. The maximum Gasteiger partial charge on any atom is 0.240 e. The largest absolute Gasteiger partial charge is 0.327 e. The molecule has 6 nitrogen and oxygen atoms in total. The van der Waals surface area contributed by atoms with E-state index in [2.05, 4.69) is 4.72 Å². The molecule has 158 valence electrons. The van der Waals surface area contributed by atoms with Gasteiger partial charge in [0, 0.05) is 24.6 Å². The number of nitrogens with zero attached hydrogens (tertiary/aromatic N) is 2. The van der Waals surface area contributed by atoms with Crippen molar-refractivity contribution in [2.45, 2.75) is 43.7 Å². The van der Waals surface area contributed by atoms with E-state index in [1.807, 2.05) is 29.7 Å². The summed E-state index contributed by atoms with van der Waals surface area (Å²) in [4.78, 5) is 5.00. The Morgan fingerprint density at radius 1 is 1.27 bits per heavy atom. The normalized spacial score (nSPS) is 15.1. The van der Waals surface area contributed by atoms with Crippen LogP contribution >= 0.6 is 0 Å². The van der Waals surface area contributed by atoms with Gasteiger partial charge in [-0.1, -0.05) is 31.2 Å². The molecule has 3 N–H and O–H groups in total. The third-order valence-corrected chi connectivity index (χ3v) is 6.73. The summed E-state index contributed by atoms with van der Waals surface area (Å²) in [7, 11) is -3.49. The highest BCUT2D eigenvalue weighted by atomic mass is 32.2. The van der Waals surface area contributed by atoms with E-state index < -0.39 is 10.0 Å². The van der Waals surface area contributed by atoms with Crippen LogP contribution in [0.1, 0.15) is 25.6 Å². The Morgan fingerprint density at radius 3 is 2.63 bits per heavy atom. The molecular weight excluding hydrogens is 403 g/mol. The lowest BCUT2D eigenvalue weighted by Gasteiger charge is -2.08. The number of benzene rings is 2. The zero-order valence-electron chi connectivity index (χ0n) is 16.8. The van der Waals surface area contributed by atoms with Crippen molar-refractivity contribution in [3.05, 3.63) is 60.2 Å². The van der Waals surface area contributed by atoms with Crippen molar-refractivity contribution in [2.75, 3.05) is 6.54 Å². The molecule has 1 fully saturated rings. The summed E-state index contributed by atoms with van der Waals surface area (Å²) in [5.74, 6) is 0.487. The van der Waals surface area contributed by atoms with Gasteiger partial charge in [-0.05, 0) is 42.7 Å². The quantitative estimate of drug-likeness (QED) is 0.574. The zero-order valence-corrected chi connectivity index (χ0v) is 17.6. The summed E-state index contributed by atoms with van der Waals surface area (Å²) in [6.45, 7) is 2.22. The number of halogens is 1. The average molecular weight is 429 g/mol. The number of nitrogens with one attached hydrogen (secondary N) is 1. The van der Waals surface area contributed by atoms with Crippen LogP contribution in [0.2, 0.25) is 0 Å². The molecule has 1 aliphatic rings. The number of rotatable bonds is 8. The monoisotopic (exact) mass is 428 g/mol. The molecule has 4 rings (SSSR count). The van der Waals surface area contributed by atoms with Crippen LogP contribution in [0.3, 0.4) is 0 Å². The van der Waals surface area contributed by atoms with Crippen molar-refractivity contribution in [3.63, 3.8) is 0 Å². The Bertz CT molecular complexity index is 1200. The number of aryl methyl sites for hydroxylation is 1. The van der Waals surface area contributed by atoms with Crippen molar-refractivity contribution in [2.24, 2.45) is 5.73 Å². The van der Waals surface area contributed by atoms with Gasteiger partial charge < -0.3 is 10.3 Å². The minimum Gasteiger partial charge on any atom is -0.327 e. The van der Waals surface area contributed by atoms with E-state index in [0.29, 0.717) is 6.42 Å². The molecular formula is C22H25FN4O2S. The molecule has 0 amide bonds. The average Bonchev–Trinajstić information content (AvgIpc) is 3.47. The Hall–Kier alpha value is -2.55. The molecule has 0 bridgehead atoms. The van der Waals surface area contributed by atoms with Crippen LogP contribution in [-0.4, -0.2) is 30.6 Å². The number of aromatic nitrogens is 2. The molecule has 1 saturated carbocycles. The molecule has 0 unspecified atom stereocenters. The second-order valence-corrected chi connectivity index (χ2v) is 9.16. The van der Waals surface area contributed by atoms with Gasteiger partial charge in [0.1, 0.15) is 11.7 Å². The molecule has 8 heteroatoms. The van der Waals surface area contributed by atoms with Crippen LogP contribution < -0.4 is 10.5 Å². The van der Waals surface area contributed by atoms with Gasteiger partial charge in [0.25, 0.3) is 0 Å². The lowest BCUT2D eigenvalue weighted by molar-refractivity contribution is 0.549. The minimum absolute atomic E-state index is 0.0635. The topological polar surface area (TPSA) is 90.0 Å². The summed E-state index contributed by atoms with van der Waals surface area (Å²) in [5, 5.41) is 0. The Labute approximate surface area is 175 Å². The van der Waals surface area contributed by atoms with E-state index in [9.17, 15) is 12.8 Å². The molecule has 0 aliphatic heterocycles. The first-order chi connectivity index (χ1) is 14.4. The fourth-order valence-electron chi connectivity index (χ4n) is 3.52. The summed E-state index contributed by atoms with van der Waals surface area (Å²) in [6.07, 6.45) is 3.81. The Balaban J connectivity index is 1.72. The van der Waals surface area contributed by atoms with Crippen LogP contribution in [0, 0.1) is 0 Å². The summed E-state index contributed by atoms with van der Waals surface area (Å²) < 4.78 is 43.5. The van der Waals surface area contributed by atoms with E-state index in [1.54, 1.807) is 24.3 Å². The predicted octanol–water partition coefficient (Wildman–Crippen LogP) is 3.52. The molecule has 2 aromatic carbocycles. The number of para-hydroxylation sites is 1. The van der Waals surface area contributed by atoms with Gasteiger partial charge in [0.05, 0.1) is 22.5 Å². The van der Waals surface area contributed by atoms with Gasteiger partial charge in [-0.3, -0.25) is 0 Å². The number of fused-ring (bicyclic) bond motifs is 1. The lowest BCUT2D eigenvalue weighted by atomic mass is 10.0. The third kappa shape index (κ3) is 4.16. The highest BCUT2D eigenvalue weighted by Crippen LogP contribution is 2.31. The van der Waals surface area contributed by atoms with Gasteiger partial charge in [-0.15, -0.1) is 0 Å². The molecule has 30 heavy (non-hydrogen) atoms. The van der Waals surface area contributed by atoms with Crippen molar-refractivity contribution in [1.82, 2.24) is 14.3 Å². The fourth-order valence-corrected chi connectivity index (χ4v) is 4.83. The molecule has 0 radical (unpaired) electrons. The minimum atomic E-state index is -3.49. The van der Waals surface area contributed by atoms with Crippen molar-refractivity contribution < 1.29 is 12.8 Å². The molecule has 0 spiro atoms. The summed E-state index contributed by atoms with van der Waals surface area (Å²) in [6, 6.07) is 12.6. The highest BCUT2D eigenvalue weighted by Gasteiger charge is 2.28. The molecule has 0 saturated heterocycles. The fraction of sp³-hybridized carbons (Fsp3) is 0.318. The Morgan fingerprint density at radius 2 is 2.00 bits per heavy atom. The van der Waals surface area contributed by atoms with Crippen LogP contribution in [0.5, 0.6) is 0 Å². The maximum atomic E-state index is 14.2. The van der Waals surface area contributed by atoms with E-state index in [1.165, 1.54) is 6.08 Å². The molecule has 1 aliphatic carbocycles. The second-order valence-electron chi connectivity index (χ2n) is 7.45. The number of hydrogen-bond donors (Lipinski definition) is 2. The third-order valence-electron chi connectivity index (χ3n) is 5.20. The Kier molecular flexibility index (Phi) is 5.73. The van der Waals surface area contributed by atoms with Crippen LogP contribution in [-0.2, 0) is 23.0 Å². The van der Waals surface area contributed by atoms with E-state index >= 15 is 0 Å². The van der Waals surface area contributed by atoms with E-state index in [4.69, 9.17) is 10.7 Å². The highest BCUT2D eigenvalue weighted by molar-refractivity contribution is 7.89. The van der Waals surface area contributed by atoms with Gasteiger partial charge in [-0.2, -0.15) is 0 Å². The second kappa shape index (κ2) is 8.29. The SMILES string of the molecule is CCc1nc2c(-c3ccc(S(=O)(=O)NC4CC4)cc3)cccc2n1C/C(F)=C/CN. The molecule has 1 aromatic heterocycles. The number of sulfonamides is 1. The number of imidazole rings is 1. The smallest absolute Gasteiger partial charge is 0.240 e. The standard InChI is InChI=1S/C22H25FN4O2S/c1-2-21-25-22-19(4-3-5-20(22)27(21)14-16(23)12-13-24)15-6-10-18(11-7-15)30(28,29)26-17-8-9-17/h3-7,10-12,17,26H,2,8-9,13-14,24H2,1H3/b16-12-.